The Bertz CT molecular complexity index is 665. The van der Waals surface area contributed by atoms with Gasteiger partial charge in [-0.05, 0) is 31.4 Å². The molecule has 1 unspecified atom stereocenters. The third-order valence-electron chi connectivity index (χ3n) is 3.82. The van der Waals surface area contributed by atoms with E-state index in [-0.39, 0.29) is 11.9 Å². The minimum Gasteiger partial charge on any atom is -0.350 e. The van der Waals surface area contributed by atoms with Crippen molar-refractivity contribution in [3.8, 4) is 0 Å². The number of nitrogens with zero attached hydrogens (tertiary/aromatic N) is 1. The van der Waals surface area contributed by atoms with E-state index in [1.54, 1.807) is 11.3 Å². The number of nitrogens with one attached hydrogen (secondary N) is 2. The Kier molecular flexibility index (Phi) is 4.03. The minimum atomic E-state index is -0.144. The van der Waals surface area contributed by atoms with Gasteiger partial charge in [-0.15, -0.1) is 11.3 Å². The van der Waals surface area contributed by atoms with Crippen LogP contribution >= 0.6 is 11.3 Å². The molecule has 0 bridgehead atoms. The summed E-state index contributed by atoms with van der Waals surface area (Å²) in [6.45, 7) is 5.30. The topological polar surface area (TPSA) is 54.0 Å². The zero-order chi connectivity index (χ0) is 14.8. The molecule has 0 aliphatic carbocycles. The Morgan fingerprint density at radius 1 is 1.38 bits per heavy atom. The molecule has 1 aromatic heterocycles. The van der Waals surface area contributed by atoms with Crippen LogP contribution in [-0.4, -0.2) is 16.9 Å². The minimum absolute atomic E-state index is 0.0648. The van der Waals surface area contributed by atoms with Crippen LogP contribution in [0.2, 0.25) is 0 Å². The standard InChI is InChI=1S/C16H19N3OS/c1-10-15(21-11(2)19-10)9-18-16(20)14-7-12-5-3-4-6-13(12)8-17-14/h3-6,14,17H,7-9H2,1-2H3,(H,18,20). The predicted octanol–water partition coefficient (Wildman–Crippen LogP) is 2.09. The van der Waals surface area contributed by atoms with Crippen LogP contribution in [0, 0.1) is 13.8 Å². The fourth-order valence-corrected chi connectivity index (χ4v) is 3.54. The number of carbonyl (C=O) groups excluding carboxylic acids is 1. The van der Waals surface area contributed by atoms with Crippen molar-refractivity contribution >= 4 is 17.2 Å². The molecule has 0 spiro atoms. The van der Waals surface area contributed by atoms with Crippen molar-refractivity contribution in [1.29, 1.82) is 0 Å². The van der Waals surface area contributed by atoms with E-state index in [1.807, 2.05) is 26.0 Å². The lowest BCUT2D eigenvalue weighted by atomic mass is 9.95. The van der Waals surface area contributed by atoms with Crippen molar-refractivity contribution < 1.29 is 4.79 Å². The Balaban J connectivity index is 1.61. The number of rotatable bonds is 3. The molecule has 2 N–H and O–H groups in total. The third-order valence-corrected chi connectivity index (χ3v) is 4.89. The van der Waals surface area contributed by atoms with Gasteiger partial charge in [0.05, 0.1) is 23.3 Å². The zero-order valence-corrected chi connectivity index (χ0v) is 13.1. The first-order valence-corrected chi connectivity index (χ1v) is 7.96. The van der Waals surface area contributed by atoms with E-state index in [0.717, 1.165) is 28.5 Å². The van der Waals surface area contributed by atoms with Crippen LogP contribution in [-0.2, 0) is 24.3 Å². The lowest BCUT2D eigenvalue weighted by molar-refractivity contribution is -0.123. The molecule has 2 heterocycles. The van der Waals surface area contributed by atoms with Gasteiger partial charge in [-0.25, -0.2) is 4.98 Å². The van der Waals surface area contributed by atoms with E-state index in [9.17, 15) is 4.79 Å². The van der Waals surface area contributed by atoms with Crippen LogP contribution in [0.4, 0.5) is 0 Å². The Hall–Kier alpha value is -1.72. The summed E-state index contributed by atoms with van der Waals surface area (Å²) in [4.78, 5) is 17.8. The maximum atomic E-state index is 12.3. The maximum absolute atomic E-state index is 12.3. The molecule has 5 heteroatoms. The molecule has 0 fully saturated rings. The molecule has 21 heavy (non-hydrogen) atoms. The lowest BCUT2D eigenvalue weighted by Crippen LogP contribution is -2.47. The number of hydrogen-bond acceptors (Lipinski definition) is 4. The molecule has 1 aliphatic heterocycles. The molecular formula is C16H19N3OS. The van der Waals surface area contributed by atoms with E-state index < -0.39 is 0 Å². The van der Waals surface area contributed by atoms with Crippen LogP contribution in [0.1, 0.15) is 26.7 Å². The summed E-state index contributed by atoms with van der Waals surface area (Å²) in [6, 6.07) is 8.14. The summed E-state index contributed by atoms with van der Waals surface area (Å²) in [5, 5.41) is 7.37. The van der Waals surface area contributed by atoms with Crippen molar-refractivity contribution in [1.82, 2.24) is 15.6 Å². The largest absolute Gasteiger partial charge is 0.350 e. The number of benzene rings is 1. The van der Waals surface area contributed by atoms with Crippen molar-refractivity contribution in [2.45, 2.75) is 39.4 Å². The maximum Gasteiger partial charge on any atom is 0.237 e. The van der Waals surface area contributed by atoms with E-state index in [4.69, 9.17) is 0 Å². The Labute approximate surface area is 128 Å². The van der Waals surface area contributed by atoms with E-state index in [0.29, 0.717) is 6.54 Å². The predicted molar refractivity (Wildman–Crippen MR) is 84.2 cm³/mol. The first-order valence-electron chi connectivity index (χ1n) is 7.14. The van der Waals surface area contributed by atoms with Crippen LogP contribution < -0.4 is 10.6 Å². The number of aryl methyl sites for hydroxylation is 2. The first kappa shape index (κ1) is 14.2. The van der Waals surface area contributed by atoms with Gasteiger partial charge in [0.1, 0.15) is 0 Å². The molecule has 3 rings (SSSR count). The van der Waals surface area contributed by atoms with Gasteiger partial charge >= 0.3 is 0 Å². The Morgan fingerprint density at radius 2 is 2.14 bits per heavy atom. The second-order valence-corrected chi connectivity index (χ2v) is 6.65. The summed E-state index contributed by atoms with van der Waals surface area (Å²) in [5.41, 5.74) is 3.57. The molecule has 0 saturated heterocycles. The molecule has 110 valence electrons. The highest BCUT2D eigenvalue weighted by atomic mass is 32.1. The molecule has 4 nitrogen and oxygen atoms in total. The van der Waals surface area contributed by atoms with Crippen LogP contribution in [0.15, 0.2) is 24.3 Å². The molecular weight excluding hydrogens is 282 g/mol. The number of thiazole rings is 1. The molecule has 1 atom stereocenters. The molecule has 1 aliphatic rings. The van der Waals surface area contributed by atoms with E-state index >= 15 is 0 Å². The number of carbonyl (C=O) groups is 1. The second kappa shape index (κ2) is 5.95. The monoisotopic (exact) mass is 301 g/mol. The quantitative estimate of drug-likeness (QED) is 0.913. The van der Waals surface area contributed by atoms with Crippen LogP contribution in [0.5, 0.6) is 0 Å². The second-order valence-electron chi connectivity index (χ2n) is 5.37. The number of aromatic nitrogens is 1. The van der Waals surface area contributed by atoms with Crippen molar-refractivity contribution in [3.05, 3.63) is 51.0 Å². The highest BCUT2D eigenvalue weighted by molar-refractivity contribution is 7.11. The SMILES string of the molecule is Cc1nc(C)c(CNC(=O)C2Cc3ccccc3CN2)s1. The smallest absolute Gasteiger partial charge is 0.237 e. The molecule has 0 saturated carbocycles. The van der Waals surface area contributed by atoms with Gasteiger partial charge in [0, 0.05) is 11.4 Å². The summed E-state index contributed by atoms with van der Waals surface area (Å²) >= 11 is 1.65. The number of fused-ring (bicyclic) bond motifs is 1. The molecule has 1 amide bonds. The van der Waals surface area contributed by atoms with Gasteiger partial charge in [-0.2, -0.15) is 0 Å². The lowest BCUT2D eigenvalue weighted by Gasteiger charge is -2.25. The fraction of sp³-hybridized carbons (Fsp3) is 0.375. The van der Waals surface area contributed by atoms with Gasteiger partial charge < -0.3 is 10.6 Å². The van der Waals surface area contributed by atoms with Crippen molar-refractivity contribution in [2.24, 2.45) is 0 Å². The van der Waals surface area contributed by atoms with Gasteiger partial charge in [0.15, 0.2) is 0 Å². The average molecular weight is 301 g/mol. The zero-order valence-electron chi connectivity index (χ0n) is 12.3. The normalized spacial score (nSPS) is 17.3. The molecule has 1 aromatic carbocycles. The van der Waals surface area contributed by atoms with E-state index in [1.165, 1.54) is 11.1 Å². The summed E-state index contributed by atoms with van der Waals surface area (Å²) in [5.74, 6) is 0.0648. The highest BCUT2D eigenvalue weighted by Gasteiger charge is 2.23. The first-order chi connectivity index (χ1) is 10.1. The van der Waals surface area contributed by atoms with Crippen LogP contribution in [0.3, 0.4) is 0 Å². The van der Waals surface area contributed by atoms with Crippen molar-refractivity contribution in [3.63, 3.8) is 0 Å². The fourth-order valence-electron chi connectivity index (χ4n) is 2.67. The number of amides is 1. The summed E-state index contributed by atoms with van der Waals surface area (Å²) in [7, 11) is 0. The van der Waals surface area contributed by atoms with Gasteiger partial charge in [-0.3, -0.25) is 4.79 Å². The van der Waals surface area contributed by atoms with Gasteiger partial charge in [0.25, 0.3) is 0 Å². The van der Waals surface area contributed by atoms with Gasteiger partial charge in [0.2, 0.25) is 5.91 Å². The van der Waals surface area contributed by atoms with E-state index in [2.05, 4.69) is 27.8 Å². The number of hydrogen-bond donors (Lipinski definition) is 2. The van der Waals surface area contributed by atoms with Gasteiger partial charge in [-0.1, -0.05) is 24.3 Å². The van der Waals surface area contributed by atoms with Crippen molar-refractivity contribution in [2.75, 3.05) is 0 Å². The Morgan fingerprint density at radius 3 is 2.86 bits per heavy atom. The summed E-state index contributed by atoms with van der Waals surface area (Å²) in [6.07, 6.45) is 0.753. The van der Waals surface area contributed by atoms with Crippen LogP contribution in [0.25, 0.3) is 0 Å². The molecule has 0 radical (unpaired) electrons. The third kappa shape index (κ3) is 3.14. The summed E-state index contributed by atoms with van der Waals surface area (Å²) < 4.78 is 0. The average Bonchev–Trinajstić information content (AvgIpc) is 2.82. The highest BCUT2D eigenvalue weighted by Crippen LogP contribution is 2.18. The molecule has 2 aromatic rings.